The highest BCUT2D eigenvalue weighted by Gasteiger charge is 2.17. The highest BCUT2D eigenvalue weighted by molar-refractivity contribution is 14.1. The summed E-state index contributed by atoms with van der Waals surface area (Å²) in [6.07, 6.45) is 0. The SMILES string of the molecule is COc1cc(-c2cc(OC)c3c(C)oc(C)c3c(=O)c2)cc(I)c1OC. The standard InChI is InChI=1S/C20H19IO5/c1-10-18-15(22)7-13(8-16(23-3)19(18)11(2)26-10)12-6-14(21)20(25-5)17(9-12)24-4/h6-9H,1-5H3. The molecule has 0 saturated carbocycles. The van der Waals surface area contributed by atoms with Gasteiger partial charge in [-0.1, -0.05) is 0 Å². The molecular formula is C20H19IO5. The zero-order chi connectivity index (χ0) is 19.0. The fourth-order valence-electron chi connectivity index (χ4n) is 3.16. The van der Waals surface area contributed by atoms with Crippen molar-refractivity contribution >= 4 is 33.4 Å². The van der Waals surface area contributed by atoms with Crippen LogP contribution < -0.4 is 19.6 Å². The topological polar surface area (TPSA) is 57.9 Å². The number of furan rings is 1. The molecule has 3 rings (SSSR count). The average Bonchev–Trinajstić information content (AvgIpc) is 2.82. The van der Waals surface area contributed by atoms with Crippen LogP contribution in [0.2, 0.25) is 0 Å². The molecule has 6 heteroatoms. The third kappa shape index (κ3) is 3.02. The van der Waals surface area contributed by atoms with E-state index in [-0.39, 0.29) is 5.43 Å². The van der Waals surface area contributed by atoms with Crippen LogP contribution in [0.15, 0.2) is 33.5 Å². The molecule has 26 heavy (non-hydrogen) atoms. The van der Waals surface area contributed by atoms with Crippen molar-refractivity contribution in [3.8, 4) is 28.4 Å². The molecular weight excluding hydrogens is 447 g/mol. The van der Waals surface area contributed by atoms with Gasteiger partial charge in [0.25, 0.3) is 0 Å². The molecule has 0 unspecified atom stereocenters. The number of fused-ring (bicyclic) bond motifs is 1. The predicted octanol–water partition coefficient (Wildman–Crippen LogP) is 4.71. The van der Waals surface area contributed by atoms with Crippen molar-refractivity contribution < 1.29 is 18.6 Å². The predicted molar refractivity (Wildman–Crippen MR) is 110 cm³/mol. The van der Waals surface area contributed by atoms with E-state index in [9.17, 15) is 4.79 Å². The van der Waals surface area contributed by atoms with Gasteiger partial charge in [0.2, 0.25) is 0 Å². The van der Waals surface area contributed by atoms with Crippen molar-refractivity contribution in [3.05, 3.63) is 49.6 Å². The number of methoxy groups -OCH3 is 3. The maximum absolute atomic E-state index is 12.9. The Labute approximate surface area is 165 Å². The summed E-state index contributed by atoms with van der Waals surface area (Å²) >= 11 is 2.19. The number of halogens is 1. The molecule has 0 amide bonds. The second kappa shape index (κ2) is 7.19. The fraction of sp³-hybridized carbons (Fsp3) is 0.250. The summed E-state index contributed by atoms with van der Waals surface area (Å²) < 4.78 is 22.9. The van der Waals surface area contributed by atoms with Gasteiger partial charge in [0.15, 0.2) is 16.9 Å². The minimum atomic E-state index is -0.113. The first-order chi connectivity index (χ1) is 12.4. The van der Waals surface area contributed by atoms with Gasteiger partial charge < -0.3 is 18.6 Å². The monoisotopic (exact) mass is 466 g/mol. The van der Waals surface area contributed by atoms with Crippen LogP contribution in [0, 0.1) is 17.4 Å². The number of aryl methyl sites for hydroxylation is 2. The molecule has 0 atom stereocenters. The van der Waals surface area contributed by atoms with Crippen molar-refractivity contribution in [3.63, 3.8) is 0 Å². The Kier molecular flexibility index (Phi) is 5.13. The van der Waals surface area contributed by atoms with Crippen LogP contribution in [-0.4, -0.2) is 21.3 Å². The van der Waals surface area contributed by atoms with Gasteiger partial charge in [-0.2, -0.15) is 0 Å². The van der Waals surface area contributed by atoms with Crippen LogP contribution >= 0.6 is 22.6 Å². The van der Waals surface area contributed by atoms with Crippen molar-refractivity contribution in [2.45, 2.75) is 13.8 Å². The lowest BCUT2D eigenvalue weighted by molar-refractivity contribution is 0.353. The van der Waals surface area contributed by atoms with Crippen LogP contribution in [0.1, 0.15) is 11.5 Å². The van der Waals surface area contributed by atoms with Gasteiger partial charge in [-0.05, 0) is 71.8 Å². The smallest absolute Gasteiger partial charge is 0.190 e. The third-order valence-corrected chi connectivity index (χ3v) is 5.11. The number of benzene rings is 1. The lowest BCUT2D eigenvalue weighted by Crippen LogP contribution is -1.97. The highest BCUT2D eigenvalue weighted by Crippen LogP contribution is 2.38. The number of ether oxygens (including phenoxy) is 3. The van der Waals surface area contributed by atoms with Gasteiger partial charge >= 0.3 is 0 Å². The van der Waals surface area contributed by atoms with E-state index in [0.29, 0.717) is 39.5 Å². The minimum absolute atomic E-state index is 0.113. The minimum Gasteiger partial charge on any atom is -0.496 e. The first-order valence-corrected chi connectivity index (χ1v) is 9.03. The van der Waals surface area contributed by atoms with E-state index in [0.717, 1.165) is 14.7 Å². The second-order valence-electron chi connectivity index (χ2n) is 5.83. The average molecular weight is 466 g/mol. The van der Waals surface area contributed by atoms with Crippen molar-refractivity contribution in [2.24, 2.45) is 0 Å². The third-order valence-electron chi connectivity index (χ3n) is 4.31. The molecule has 3 aromatic rings. The van der Waals surface area contributed by atoms with Gasteiger partial charge in [0.05, 0.1) is 35.7 Å². The van der Waals surface area contributed by atoms with Crippen LogP contribution in [0.25, 0.3) is 21.9 Å². The Balaban J connectivity index is 2.37. The highest BCUT2D eigenvalue weighted by atomic mass is 127. The van der Waals surface area contributed by atoms with E-state index in [1.54, 1.807) is 34.3 Å². The first-order valence-electron chi connectivity index (χ1n) is 7.95. The van der Waals surface area contributed by atoms with Crippen LogP contribution in [0.5, 0.6) is 17.2 Å². The summed E-state index contributed by atoms with van der Waals surface area (Å²) in [7, 11) is 4.77. The van der Waals surface area contributed by atoms with Gasteiger partial charge in [-0.15, -0.1) is 0 Å². The Bertz CT molecular complexity index is 1050. The molecule has 1 aromatic heterocycles. The molecule has 1 heterocycles. The first kappa shape index (κ1) is 18.6. The van der Waals surface area contributed by atoms with Gasteiger partial charge in [0.1, 0.15) is 17.3 Å². The molecule has 136 valence electrons. The maximum Gasteiger partial charge on any atom is 0.190 e. The quantitative estimate of drug-likeness (QED) is 0.522. The summed E-state index contributed by atoms with van der Waals surface area (Å²) in [6.45, 7) is 3.62. The molecule has 5 nitrogen and oxygen atoms in total. The fourth-order valence-corrected chi connectivity index (χ4v) is 3.98. The molecule has 0 aliphatic carbocycles. The van der Waals surface area contributed by atoms with E-state index in [1.165, 1.54) is 0 Å². The van der Waals surface area contributed by atoms with Crippen LogP contribution in [-0.2, 0) is 0 Å². The second-order valence-corrected chi connectivity index (χ2v) is 7.00. The lowest BCUT2D eigenvalue weighted by atomic mass is 10.1. The zero-order valence-electron chi connectivity index (χ0n) is 15.2. The van der Waals surface area contributed by atoms with Gasteiger partial charge in [-0.3, -0.25) is 4.79 Å². The van der Waals surface area contributed by atoms with Gasteiger partial charge in [0, 0.05) is 0 Å². The van der Waals surface area contributed by atoms with Crippen molar-refractivity contribution in [2.75, 3.05) is 21.3 Å². The molecule has 0 fully saturated rings. The van der Waals surface area contributed by atoms with Crippen LogP contribution in [0.4, 0.5) is 0 Å². The van der Waals surface area contributed by atoms with Gasteiger partial charge in [-0.25, -0.2) is 0 Å². The van der Waals surface area contributed by atoms with E-state index in [4.69, 9.17) is 18.6 Å². The summed E-state index contributed by atoms with van der Waals surface area (Å²) in [5.74, 6) is 3.11. The largest absolute Gasteiger partial charge is 0.496 e. The molecule has 0 N–H and O–H groups in total. The molecule has 0 saturated heterocycles. The summed E-state index contributed by atoms with van der Waals surface area (Å²) in [6, 6.07) is 7.25. The molecule has 0 radical (unpaired) electrons. The Morgan fingerprint density at radius 2 is 1.38 bits per heavy atom. The summed E-state index contributed by atoms with van der Waals surface area (Å²) in [4.78, 5) is 12.9. The Morgan fingerprint density at radius 3 is 2.00 bits per heavy atom. The van der Waals surface area contributed by atoms with E-state index < -0.39 is 0 Å². The zero-order valence-corrected chi connectivity index (χ0v) is 17.4. The molecule has 2 aromatic carbocycles. The van der Waals surface area contributed by atoms with Crippen LogP contribution in [0.3, 0.4) is 0 Å². The van der Waals surface area contributed by atoms with E-state index in [1.807, 2.05) is 25.1 Å². The number of hydrogen-bond donors (Lipinski definition) is 0. The maximum atomic E-state index is 12.9. The summed E-state index contributed by atoms with van der Waals surface area (Å²) in [5.41, 5.74) is 1.46. The summed E-state index contributed by atoms with van der Waals surface area (Å²) in [5, 5.41) is 1.25. The molecule has 0 spiro atoms. The molecule has 0 aliphatic rings. The van der Waals surface area contributed by atoms with E-state index >= 15 is 0 Å². The molecule has 0 aliphatic heterocycles. The van der Waals surface area contributed by atoms with E-state index in [2.05, 4.69) is 22.6 Å². The van der Waals surface area contributed by atoms with Crippen molar-refractivity contribution in [1.29, 1.82) is 0 Å². The number of hydrogen-bond acceptors (Lipinski definition) is 5. The van der Waals surface area contributed by atoms with Crippen molar-refractivity contribution in [1.82, 2.24) is 0 Å². The number of rotatable bonds is 4. The molecule has 0 bridgehead atoms. The normalized spacial score (nSPS) is 10.8. The Hall–Kier alpha value is -2.22. The Morgan fingerprint density at radius 1 is 0.808 bits per heavy atom. The lowest BCUT2D eigenvalue weighted by Gasteiger charge is -2.12.